The molecular weight excluding hydrogens is 260 g/mol. The van der Waals surface area contributed by atoms with E-state index in [9.17, 15) is 0 Å². The van der Waals surface area contributed by atoms with Gasteiger partial charge in [-0.2, -0.15) is 0 Å². The van der Waals surface area contributed by atoms with E-state index in [4.69, 9.17) is 4.74 Å². The number of hydrogen-bond acceptors (Lipinski definition) is 3. The molecule has 3 nitrogen and oxygen atoms in total. The molecule has 0 radical (unpaired) electrons. The van der Waals surface area contributed by atoms with Gasteiger partial charge in [0.05, 0.1) is 12.7 Å². The molecule has 3 rings (SSSR count). The van der Waals surface area contributed by atoms with Gasteiger partial charge in [-0.25, -0.2) is 0 Å². The summed E-state index contributed by atoms with van der Waals surface area (Å²) >= 11 is 0. The van der Waals surface area contributed by atoms with E-state index < -0.39 is 0 Å². The highest BCUT2D eigenvalue weighted by atomic mass is 16.5. The topological polar surface area (TPSA) is 34.1 Å². The fourth-order valence-corrected chi connectivity index (χ4v) is 2.74. The van der Waals surface area contributed by atoms with Crippen LogP contribution in [0, 0.1) is 0 Å². The highest BCUT2D eigenvalue weighted by Crippen LogP contribution is 2.12. The summed E-state index contributed by atoms with van der Waals surface area (Å²) in [6.07, 6.45) is 5.19. The quantitative estimate of drug-likeness (QED) is 0.914. The molecule has 3 heteroatoms. The molecule has 1 N–H and O–H groups in total. The summed E-state index contributed by atoms with van der Waals surface area (Å²) in [5.74, 6) is 0. The van der Waals surface area contributed by atoms with Crippen molar-refractivity contribution in [3.8, 4) is 0 Å². The van der Waals surface area contributed by atoms with Crippen molar-refractivity contribution in [3.05, 3.63) is 65.5 Å². The Morgan fingerprint density at radius 2 is 2.05 bits per heavy atom. The summed E-state index contributed by atoms with van der Waals surface area (Å²) in [7, 11) is 0. The number of nitrogens with one attached hydrogen (secondary N) is 1. The smallest absolute Gasteiger partial charge is 0.0740 e. The number of aromatic nitrogens is 1. The number of aryl methyl sites for hydroxylation is 2. The van der Waals surface area contributed by atoms with Crippen molar-refractivity contribution in [1.82, 2.24) is 10.3 Å². The normalized spacial score (nSPS) is 18.6. The molecule has 1 aromatic heterocycles. The summed E-state index contributed by atoms with van der Waals surface area (Å²) in [6, 6.07) is 15.0. The average molecular weight is 282 g/mol. The zero-order valence-electron chi connectivity index (χ0n) is 12.3. The molecule has 1 saturated heterocycles. The number of pyridine rings is 1. The Labute approximate surface area is 126 Å². The molecule has 1 aromatic carbocycles. The largest absolute Gasteiger partial charge is 0.375 e. The summed E-state index contributed by atoms with van der Waals surface area (Å²) in [5.41, 5.74) is 3.90. The van der Waals surface area contributed by atoms with E-state index in [1.165, 1.54) is 11.1 Å². The van der Waals surface area contributed by atoms with Crippen LogP contribution in [0.25, 0.3) is 0 Å². The maximum absolute atomic E-state index is 5.78. The van der Waals surface area contributed by atoms with Gasteiger partial charge in [-0.05, 0) is 42.5 Å². The maximum atomic E-state index is 5.78. The van der Waals surface area contributed by atoms with Crippen LogP contribution in [0.3, 0.4) is 0 Å². The van der Waals surface area contributed by atoms with Crippen molar-refractivity contribution in [1.29, 1.82) is 0 Å². The zero-order chi connectivity index (χ0) is 14.3. The van der Waals surface area contributed by atoms with E-state index in [2.05, 4.69) is 40.6 Å². The number of nitrogens with zero attached hydrogens (tertiary/aromatic N) is 1. The molecule has 110 valence electrons. The van der Waals surface area contributed by atoms with E-state index in [1.807, 2.05) is 18.3 Å². The van der Waals surface area contributed by atoms with Crippen LogP contribution in [0.2, 0.25) is 0 Å². The Bertz CT molecular complexity index is 550. The van der Waals surface area contributed by atoms with Gasteiger partial charge in [0.25, 0.3) is 0 Å². The van der Waals surface area contributed by atoms with Gasteiger partial charge < -0.3 is 10.1 Å². The predicted octanol–water partition coefficient (Wildman–Crippen LogP) is 2.40. The highest BCUT2D eigenvalue weighted by molar-refractivity contribution is 5.25. The highest BCUT2D eigenvalue weighted by Gasteiger charge is 2.13. The predicted molar refractivity (Wildman–Crippen MR) is 84.4 cm³/mol. The van der Waals surface area contributed by atoms with Gasteiger partial charge in [-0.1, -0.05) is 30.3 Å². The molecule has 0 spiro atoms. The van der Waals surface area contributed by atoms with Crippen LogP contribution in [0.4, 0.5) is 0 Å². The molecule has 1 unspecified atom stereocenters. The van der Waals surface area contributed by atoms with Gasteiger partial charge in [0.2, 0.25) is 0 Å². The van der Waals surface area contributed by atoms with Crippen LogP contribution in [0.1, 0.15) is 16.8 Å². The van der Waals surface area contributed by atoms with Crippen LogP contribution < -0.4 is 5.32 Å². The van der Waals surface area contributed by atoms with Crippen molar-refractivity contribution in [2.75, 3.05) is 19.7 Å². The second kappa shape index (κ2) is 7.34. The van der Waals surface area contributed by atoms with Gasteiger partial charge >= 0.3 is 0 Å². The first-order valence-corrected chi connectivity index (χ1v) is 7.70. The standard InChI is InChI=1S/C18H22N2O/c1-2-9-20-17(6-1)8-7-15-4-3-5-16(12-15)13-18-14-19-10-11-21-18/h1-6,9,12,18-19H,7-8,10-11,13-14H2. The van der Waals surface area contributed by atoms with Crippen molar-refractivity contribution in [2.24, 2.45) is 0 Å². The van der Waals surface area contributed by atoms with Crippen molar-refractivity contribution < 1.29 is 4.74 Å². The van der Waals surface area contributed by atoms with Gasteiger partial charge in [0.15, 0.2) is 0 Å². The molecule has 0 bridgehead atoms. The SMILES string of the molecule is c1ccc(CCc2cccc(CC3CNCCO3)c2)nc1. The minimum Gasteiger partial charge on any atom is -0.375 e. The molecular formula is C18H22N2O. The Balaban J connectivity index is 1.57. The van der Waals surface area contributed by atoms with Crippen molar-refractivity contribution in [2.45, 2.75) is 25.4 Å². The average Bonchev–Trinajstić information content (AvgIpc) is 2.55. The van der Waals surface area contributed by atoms with Gasteiger partial charge in [-0.3, -0.25) is 4.98 Å². The molecule has 0 saturated carbocycles. The van der Waals surface area contributed by atoms with E-state index in [-0.39, 0.29) is 0 Å². The van der Waals surface area contributed by atoms with E-state index in [0.29, 0.717) is 6.10 Å². The third-order valence-electron chi connectivity index (χ3n) is 3.86. The molecule has 2 aromatic rings. The second-order valence-electron chi connectivity index (χ2n) is 5.54. The van der Waals surface area contributed by atoms with Crippen LogP contribution >= 0.6 is 0 Å². The summed E-state index contributed by atoms with van der Waals surface area (Å²) in [4.78, 5) is 4.38. The first-order valence-electron chi connectivity index (χ1n) is 7.70. The molecule has 1 atom stereocenters. The van der Waals surface area contributed by atoms with Gasteiger partial charge in [0, 0.05) is 25.0 Å². The Kier molecular flexibility index (Phi) is 4.98. The lowest BCUT2D eigenvalue weighted by molar-refractivity contribution is 0.0292. The van der Waals surface area contributed by atoms with Gasteiger partial charge in [0.1, 0.15) is 0 Å². The molecule has 1 aliphatic rings. The number of morpholine rings is 1. The molecule has 2 heterocycles. The third-order valence-corrected chi connectivity index (χ3v) is 3.86. The van der Waals surface area contributed by atoms with E-state index in [1.54, 1.807) is 0 Å². The summed E-state index contributed by atoms with van der Waals surface area (Å²) in [6.45, 7) is 2.75. The molecule has 0 aliphatic carbocycles. The van der Waals surface area contributed by atoms with Crippen LogP contribution in [-0.4, -0.2) is 30.8 Å². The van der Waals surface area contributed by atoms with E-state index >= 15 is 0 Å². The number of benzene rings is 1. The fraction of sp³-hybridized carbons (Fsp3) is 0.389. The molecule has 1 aliphatic heterocycles. The van der Waals surface area contributed by atoms with Crippen molar-refractivity contribution >= 4 is 0 Å². The Hall–Kier alpha value is -1.71. The summed E-state index contributed by atoms with van der Waals surface area (Å²) in [5, 5.41) is 3.38. The second-order valence-corrected chi connectivity index (χ2v) is 5.54. The lowest BCUT2D eigenvalue weighted by Crippen LogP contribution is -2.39. The van der Waals surface area contributed by atoms with Crippen LogP contribution in [0.5, 0.6) is 0 Å². The van der Waals surface area contributed by atoms with Gasteiger partial charge in [-0.15, -0.1) is 0 Å². The third kappa shape index (κ3) is 4.38. The fourth-order valence-electron chi connectivity index (χ4n) is 2.74. The monoisotopic (exact) mass is 282 g/mol. The zero-order valence-corrected chi connectivity index (χ0v) is 12.3. The lowest BCUT2D eigenvalue weighted by atomic mass is 10.0. The first kappa shape index (κ1) is 14.2. The van der Waals surface area contributed by atoms with Crippen molar-refractivity contribution in [3.63, 3.8) is 0 Å². The maximum Gasteiger partial charge on any atom is 0.0740 e. The number of ether oxygens (including phenoxy) is 1. The minimum absolute atomic E-state index is 0.310. The molecule has 1 fully saturated rings. The first-order chi connectivity index (χ1) is 10.4. The van der Waals surface area contributed by atoms with Crippen LogP contribution in [-0.2, 0) is 24.0 Å². The number of rotatable bonds is 5. The lowest BCUT2D eigenvalue weighted by Gasteiger charge is -2.23. The Morgan fingerprint density at radius 1 is 1.10 bits per heavy atom. The minimum atomic E-state index is 0.310. The molecule has 21 heavy (non-hydrogen) atoms. The number of hydrogen-bond donors (Lipinski definition) is 1. The molecule has 0 amide bonds. The summed E-state index contributed by atoms with van der Waals surface area (Å²) < 4.78 is 5.78. The Morgan fingerprint density at radius 3 is 2.86 bits per heavy atom. The van der Waals surface area contributed by atoms with Crippen LogP contribution in [0.15, 0.2) is 48.7 Å². The van der Waals surface area contributed by atoms with E-state index in [0.717, 1.165) is 44.7 Å².